The first-order valence-electron chi connectivity index (χ1n) is 7.04. The molecule has 2 aliphatic carbocycles. The molecule has 0 aliphatic heterocycles. The van der Waals surface area contributed by atoms with Crippen molar-refractivity contribution in [2.24, 2.45) is 5.92 Å². The molecule has 102 valence electrons. The van der Waals surface area contributed by atoms with E-state index < -0.39 is 0 Å². The van der Waals surface area contributed by atoms with Crippen LogP contribution in [0.15, 0.2) is 18.6 Å². The summed E-state index contributed by atoms with van der Waals surface area (Å²) in [6.07, 6.45) is 11.2. The van der Waals surface area contributed by atoms with E-state index in [2.05, 4.69) is 15.3 Å². The molecule has 0 unspecified atom stereocenters. The highest BCUT2D eigenvalue weighted by Crippen LogP contribution is 2.30. The predicted octanol–water partition coefficient (Wildman–Crippen LogP) is 1.69. The molecule has 5 nitrogen and oxygen atoms in total. The Morgan fingerprint density at radius 3 is 2.58 bits per heavy atom. The molecule has 2 fully saturated rings. The molecule has 1 N–H and O–H groups in total. The Morgan fingerprint density at radius 1 is 1.16 bits per heavy atom. The number of ether oxygens (including phenoxy) is 1. The van der Waals surface area contributed by atoms with Gasteiger partial charge in [0.15, 0.2) is 0 Å². The van der Waals surface area contributed by atoms with Crippen LogP contribution in [0.2, 0.25) is 0 Å². The Bertz CT molecular complexity index is 426. The molecule has 2 saturated carbocycles. The fourth-order valence-electron chi connectivity index (χ4n) is 2.51. The van der Waals surface area contributed by atoms with Crippen molar-refractivity contribution in [2.45, 2.75) is 50.7 Å². The normalized spacial score (nSPS) is 26.7. The highest BCUT2D eigenvalue weighted by Gasteiger charge is 2.32. The fourth-order valence-corrected chi connectivity index (χ4v) is 2.51. The van der Waals surface area contributed by atoms with Crippen molar-refractivity contribution in [3.63, 3.8) is 0 Å². The van der Waals surface area contributed by atoms with E-state index in [0.29, 0.717) is 17.8 Å². The molecule has 0 aromatic carbocycles. The molecule has 1 amide bonds. The van der Waals surface area contributed by atoms with Gasteiger partial charge in [-0.1, -0.05) is 0 Å². The number of hydrogen-bond acceptors (Lipinski definition) is 4. The number of carbonyl (C=O) groups is 1. The predicted molar refractivity (Wildman–Crippen MR) is 69.6 cm³/mol. The maximum absolute atomic E-state index is 11.7. The number of aromatic nitrogens is 2. The van der Waals surface area contributed by atoms with E-state index in [1.807, 2.05) is 0 Å². The molecule has 19 heavy (non-hydrogen) atoms. The third-order valence-electron chi connectivity index (χ3n) is 3.80. The lowest BCUT2D eigenvalue weighted by Gasteiger charge is -2.29. The van der Waals surface area contributed by atoms with Crippen LogP contribution in [-0.2, 0) is 4.79 Å². The maximum atomic E-state index is 11.7. The summed E-state index contributed by atoms with van der Waals surface area (Å²) in [5.41, 5.74) is 0. The molecule has 1 aromatic heterocycles. The molecule has 1 heterocycles. The summed E-state index contributed by atoms with van der Waals surface area (Å²) < 4.78 is 5.78. The van der Waals surface area contributed by atoms with Gasteiger partial charge in [-0.3, -0.25) is 9.78 Å². The number of rotatable bonds is 4. The largest absolute Gasteiger partial charge is 0.473 e. The second-order valence-corrected chi connectivity index (χ2v) is 5.42. The zero-order valence-electron chi connectivity index (χ0n) is 10.9. The number of amides is 1. The first-order valence-corrected chi connectivity index (χ1v) is 7.04. The summed E-state index contributed by atoms with van der Waals surface area (Å²) in [5.74, 6) is 1.14. The molecule has 1 aromatic rings. The topological polar surface area (TPSA) is 64.1 Å². The molecule has 2 aliphatic rings. The molecule has 3 rings (SSSR count). The fraction of sp³-hybridized carbons (Fsp3) is 0.643. The lowest BCUT2D eigenvalue weighted by molar-refractivity contribution is -0.123. The third-order valence-corrected chi connectivity index (χ3v) is 3.80. The number of carbonyl (C=O) groups excluding carboxylic acids is 1. The molecule has 0 spiro atoms. The second-order valence-electron chi connectivity index (χ2n) is 5.42. The molecule has 0 atom stereocenters. The monoisotopic (exact) mass is 261 g/mol. The Hall–Kier alpha value is -1.65. The van der Waals surface area contributed by atoms with Crippen LogP contribution in [0, 0.1) is 5.92 Å². The van der Waals surface area contributed by atoms with Crippen molar-refractivity contribution in [1.82, 2.24) is 15.3 Å². The van der Waals surface area contributed by atoms with E-state index in [1.54, 1.807) is 18.6 Å². The lowest BCUT2D eigenvalue weighted by atomic mass is 9.93. The Labute approximate surface area is 112 Å². The van der Waals surface area contributed by atoms with Gasteiger partial charge in [-0.15, -0.1) is 0 Å². The zero-order valence-corrected chi connectivity index (χ0v) is 10.9. The van der Waals surface area contributed by atoms with E-state index >= 15 is 0 Å². The van der Waals surface area contributed by atoms with Gasteiger partial charge in [-0.25, -0.2) is 4.98 Å². The minimum absolute atomic E-state index is 0.200. The van der Waals surface area contributed by atoms with Crippen molar-refractivity contribution in [3.05, 3.63) is 18.6 Å². The van der Waals surface area contributed by atoms with Gasteiger partial charge in [0, 0.05) is 24.4 Å². The minimum atomic E-state index is 0.200. The van der Waals surface area contributed by atoms with Crippen LogP contribution in [0.25, 0.3) is 0 Å². The van der Waals surface area contributed by atoms with Crippen molar-refractivity contribution in [2.75, 3.05) is 0 Å². The molecule has 0 saturated heterocycles. The van der Waals surface area contributed by atoms with Gasteiger partial charge in [0.05, 0.1) is 6.20 Å². The van der Waals surface area contributed by atoms with Crippen molar-refractivity contribution in [3.8, 4) is 5.88 Å². The molecule has 5 heteroatoms. The summed E-state index contributed by atoms with van der Waals surface area (Å²) in [6.45, 7) is 0. The average molecular weight is 261 g/mol. The Balaban J connectivity index is 1.43. The SMILES string of the molecule is O=C(NC1CCC(Oc2cnccn2)CC1)C1CC1. The van der Waals surface area contributed by atoms with Gasteiger partial charge >= 0.3 is 0 Å². The summed E-state index contributed by atoms with van der Waals surface area (Å²) in [6, 6.07) is 0.329. The van der Waals surface area contributed by atoms with Crippen LogP contribution < -0.4 is 10.1 Å². The van der Waals surface area contributed by atoms with Crippen molar-refractivity contribution in [1.29, 1.82) is 0 Å². The number of nitrogens with zero attached hydrogens (tertiary/aromatic N) is 2. The lowest BCUT2D eigenvalue weighted by Crippen LogP contribution is -2.40. The average Bonchev–Trinajstić information content (AvgIpc) is 3.27. The van der Waals surface area contributed by atoms with Crippen LogP contribution in [-0.4, -0.2) is 28.0 Å². The van der Waals surface area contributed by atoms with Crippen LogP contribution in [0.5, 0.6) is 5.88 Å². The maximum Gasteiger partial charge on any atom is 0.232 e. The highest BCUT2D eigenvalue weighted by atomic mass is 16.5. The van der Waals surface area contributed by atoms with Crippen LogP contribution in [0.4, 0.5) is 0 Å². The quantitative estimate of drug-likeness (QED) is 0.896. The molecule has 0 radical (unpaired) electrons. The van der Waals surface area contributed by atoms with E-state index in [0.717, 1.165) is 38.5 Å². The van der Waals surface area contributed by atoms with E-state index in [4.69, 9.17) is 4.74 Å². The van der Waals surface area contributed by atoms with Gasteiger partial charge in [0.25, 0.3) is 0 Å². The first kappa shape index (κ1) is 12.4. The summed E-state index contributed by atoms with van der Waals surface area (Å²) >= 11 is 0. The Kier molecular flexibility index (Phi) is 3.62. The summed E-state index contributed by atoms with van der Waals surface area (Å²) in [4.78, 5) is 19.8. The van der Waals surface area contributed by atoms with E-state index in [9.17, 15) is 4.79 Å². The minimum Gasteiger partial charge on any atom is -0.473 e. The van der Waals surface area contributed by atoms with Crippen molar-refractivity contribution < 1.29 is 9.53 Å². The zero-order chi connectivity index (χ0) is 13.1. The van der Waals surface area contributed by atoms with Crippen LogP contribution in [0.1, 0.15) is 38.5 Å². The summed E-state index contributed by atoms with van der Waals surface area (Å²) in [5, 5.41) is 3.14. The van der Waals surface area contributed by atoms with Gasteiger partial charge < -0.3 is 10.1 Å². The smallest absolute Gasteiger partial charge is 0.232 e. The summed E-state index contributed by atoms with van der Waals surface area (Å²) in [7, 11) is 0. The highest BCUT2D eigenvalue weighted by molar-refractivity contribution is 5.81. The Morgan fingerprint density at radius 2 is 1.95 bits per heavy atom. The first-order chi connectivity index (χ1) is 9.31. The number of hydrogen-bond donors (Lipinski definition) is 1. The van der Waals surface area contributed by atoms with Gasteiger partial charge in [-0.2, -0.15) is 0 Å². The van der Waals surface area contributed by atoms with Gasteiger partial charge in [0.1, 0.15) is 6.10 Å². The molecular weight excluding hydrogens is 242 g/mol. The van der Waals surface area contributed by atoms with Crippen molar-refractivity contribution >= 4 is 5.91 Å². The molecule has 0 bridgehead atoms. The molecular formula is C14H19N3O2. The van der Waals surface area contributed by atoms with Gasteiger partial charge in [-0.05, 0) is 38.5 Å². The second kappa shape index (κ2) is 5.55. The number of nitrogens with one attached hydrogen (secondary N) is 1. The van der Waals surface area contributed by atoms with E-state index in [-0.39, 0.29) is 12.0 Å². The van der Waals surface area contributed by atoms with Gasteiger partial charge in [0.2, 0.25) is 11.8 Å². The van der Waals surface area contributed by atoms with Crippen LogP contribution in [0.3, 0.4) is 0 Å². The third kappa shape index (κ3) is 3.43. The van der Waals surface area contributed by atoms with Crippen LogP contribution >= 0.6 is 0 Å². The van der Waals surface area contributed by atoms with E-state index in [1.165, 1.54) is 0 Å². The standard InChI is InChI=1S/C14H19N3O2/c18-14(10-1-2-10)17-11-3-5-12(6-4-11)19-13-9-15-7-8-16-13/h7-12H,1-6H2,(H,17,18).